The van der Waals surface area contributed by atoms with Gasteiger partial charge in [0.25, 0.3) is 0 Å². The Morgan fingerprint density at radius 2 is 1.95 bits per heavy atom. The number of rotatable bonds is 6. The van der Waals surface area contributed by atoms with Gasteiger partial charge in [0.1, 0.15) is 11.5 Å². The van der Waals surface area contributed by atoms with Crippen molar-refractivity contribution in [3.05, 3.63) is 29.3 Å². The SMILES string of the molecule is CCc1ccc(OCCCC(C)=O)c(C(C)(C)C)c1. The van der Waals surface area contributed by atoms with E-state index in [4.69, 9.17) is 4.74 Å². The van der Waals surface area contributed by atoms with Crippen molar-refractivity contribution in [1.29, 1.82) is 0 Å². The summed E-state index contributed by atoms with van der Waals surface area (Å²) in [6, 6.07) is 6.42. The van der Waals surface area contributed by atoms with Crippen LogP contribution in [0.25, 0.3) is 0 Å². The maximum atomic E-state index is 10.9. The summed E-state index contributed by atoms with van der Waals surface area (Å²) in [6.07, 6.45) is 2.42. The van der Waals surface area contributed by atoms with Gasteiger partial charge in [-0.05, 0) is 42.4 Å². The standard InChI is InChI=1S/C17H26O2/c1-6-14-9-10-16(15(12-14)17(3,4)5)19-11-7-8-13(2)18/h9-10,12H,6-8,11H2,1-5H3. The highest BCUT2D eigenvalue weighted by Gasteiger charge is 2.19. The lowest BCUT2D eigenvalue weighted by Crippen LogP contribution is -2.14. The van der Waals surface area contributed by atoms with Crippen molar-refractivity contribution in [3.8, 4) is 5.75 Å². The minimum absolute atomic E-state index is 0.0705. The first-order valence-corrected chi connectivity index (χ1v) is 7.10. The van der Waals surface area contributed by atoms with Crippen molar-refractivity contribution in [2.75, 3.05) is 6.61 Å². The maximum Gasteiger partial charge on any atom is 0.129 e. The zero-order valence-corrected chi connectivity index (χ0v) is 12.9. The molecule has 0 amide bonds. The van der Waals surface area contributed by atoms with E-state index in [-0.39, 0.29) is 11.2 Å². The highest BCUT2D eigenvalue weighted by Crippen LogP contribution is 2.32. The Bertz CT molecular complexity index is 427. The second-order valence-electron chi connectivity index (χ2n) is 6.09. The topological polar surface area (TPSA) is 26.3 Å². The molecule has 0 atom stereocenters. The van der Waals surface area contributed by atoms with Crippen molar-refractivity contribution >= 4 is 5.78 Å². The number of carbonyl (C=O) groups is 1. The van der Waals surface area contributed by atoms with Crippen LogP contribution in [-0.2, 0) is 16.6 Å². The predicted octanol–water partition coefficient (Wildman–Crippen LogP) is 4.29. The molecule has 1 aromatic carbocycles. The summed E-state index contributed by atoms with van der Waals surface area (Å²) >= 11 is 0. The third kappa shape index (κ3) is 5.06. The number of ketones is 1. The summed E-state index contributed by atoms with van der Waals surface area (Å²) in [5.41, 5.74) is 2.65. The maximum absolute atomic E-state index is 10.9. The molecule has 0 radical (unpaired) electrons. The summed E-state index contributed by atoms with van der Waals surface area (Å²) in [6.45, 7) is 11.0. The first kappa shape index (κ1) is 15.7. The molecule has 0 saturated heterocycles. The number of ether oxygens (including phenoxy) is 1. The lowest BCUT2D eigenvalue weighted by Gasteiger charge is -2.23. The number of aryl methyl sites for hydroxylation is 1. The molecule has 0 aliphatic rings. The molecule has 0 heterocycles. The van der Waals surface area contributed by atoms with Gasteiger partial charge in [0.2, 0.25) is 0 Å². The molecule has 0 unspecified atom stereocenters. The van der Waals surface area contributed by atoms with Crippen LogP contribution in [0.3, 0.4) is 0 Å². The predicted molar refractivity (Wildman–Crippen MR) is 79.9 cm³/mol. The first-order valence-electron chi connectivity index (χ1n) is 7.10. The van der Waals surface area contributed by atoms with E-state index in [1.807, 2.05) is 0 Å². The zero-order valence-electron chi connectivity index (χ0n) is 12.9. The first-order chi connectivity index (χ1) is 8.84. The Balaban J connectivity index is 2.79. The highest BCUT2D eigenvalue weighted by molar-refractivity contribution is 5.75. The van der Waals surface area contributed by atoms with Crippen LogP contribution in [-0.4, -0.2) is 12.4 Å². The van der Waals surface area contributed by atoms with Gasteiger partial charge in [-0.25, -0.2) is 0 Å². The number of carbonyl (C=O) groups excluding carboxylic acids is 1. The fraction of sp³-hybridized carbons (Fsp3) is 0.588. The van der Waals surface area contributed by atoms with Crippen LogP contribution in [0.1, 0.15) is 58.6 Å². The minimum atomic E-state index is 0.0705. The largest absolute Gasteiger partial charge is 0.493 e. The van der Waals surface area contributed by atoms with Crippen LogP contribution < -0.4 is 4.74 Å². The van der Waals surface area contributed by atoms with Crippen LogP contribution in [0, 0.1) is 0 Å². The Morgan fingerprint density at radius 1 is 1.26 bits per heavy atom. The van der Waals surface area contributed by atoms with Gasteiger partial charge in [-0.3, -0.25) is 0 Å². The summed E-state index contributed by atoms with van der Waals surface area (Å²) in [7, 11) is 0. The number of Topliss-reactive ketones (excluding diaryl/α,β-unsaturated/α-hetero) is 1. The van der Waals surface area contributed by atoms with Crippen LogP contribution in [0.5, 0.6) is 5.75 Å². The third-order valence-electron chi connectivity index (χ3n) is 3.19. The second kappa shape index (κ2) is 6.74. The minimum Gasteiger partial charge on any atom is -0.493 e. The lowest BCUT2D eigenvalue weighted by molar-refractivity contribution is -0.117. The van der Waals surface area contributed by atoms with E-state index in [9.17, 15) is 4.79 Å². The molecular formula is C17H26O2. The molecule has 106 valence electrons. The van der Waals surface area contributed by atoms with Gasteiger partial charge in [-0.15, -0.1) is 0 Å². The molecule has 0 aromatic heterocycles. The number of hydrogen-bond donors (Lipinski definition) is 0. The average Bonchev–Trinajstić information content (AvgIpc) is 2.33. The smallest absolute Gasteiger partial charge is 0.129 e. The van der Waals surface area contributed by atoms with E-state index < -0.39 is 0 Å². The Labute approximate surface area is 117 Å². The normalized spacial score (nSPS) is 11.4. The Hall–Kier alpha value is -1.31. The summed E-state index contributed by atoms with van der Waals surface area (Å²) in [4.78, 5) is 10.9. The van der Waals surface area contributed by atoms with Crippen LogP contribution >= 0.6 is 0 Å². The van der Waals surface area contributed by atoms with Gasteiger partial charge >= 0.3 is 0 Å². The number of benzene rings is 1. The second-order valence-corrected chi connectivity index (χ2v) is 6.09. The van der Waals surface area contributed by atoms with Gasteiger partial charge in [-0.2, -0.15) is 0 Å². The number of hydrogen-bond acceptors (Lipinski definition) is 2. The molecule has 0 aliphatic heterocycles. The molecule has 0 spiro atoms. The molecule has 1 aromatic rings. The van der Waals surface area contributed by atoms with Gasteiger partial charge in [0.15, 0.2) is 0 Å². The van der Waals surface area contributed by atoms with Crippen molar-refractivity contribution in [1.82, 2.24) is 0 Å². The van der Waals surface area contributed by atoms with E-state index in [0.717, 1.165) is 18.6 Å². The molecule has 2 heteroatoms. The monoisotopic (exact) mass is 262 g/mol. The third-order valence-corrected chi connectivity index (χ3v) is 3.19. The summed E-state index contributed by atoms with van der Waals surface area (Å²) in [5, 5.41) is 0. The lowest BCUT2D eigenvalue weighted by atomic mass is 9.85. The fourth-order valence-corrected chi connectivity index (χ4v) is 2.01. The van der Waals surface area contributed by atoms with Crippen LogP contribution in [0.2, 0.25) is 0 Å². The molecule has 2 nitrogen and oxygen atoms in total. The van der Waals surface area contributed by atoms with Gasteiger partial charge < -0.3 is 9.53 Å². The molecule has 19 heavy (non-hydrogen) atoms. The van der Waals surface area contributed by atoms with Gasteiger partial charge in [0.05, 0.1) is 6.61 Å². The van der Waals surface area contributed by atoms with E-state index in [0.29, 0.717) is 13.0 Å². The van der Waals surface area contributed by atoms with E-state index in [1.165, 1.54) is 11.1 Å². The highest BCUT2D eigenvalue weighted by atomic mass is 16.5. The Morgan fingerprint density at radius 3 is 2.47 bits per heavy atom. The quantitative estimate of drug-likeness (QED) is 0.715. The molecule has 0 fully saturated rings. The van der Waals surface area contributed by atoms with Gasteiger partial charge in [-0.1, -0.05) is 39.8 Å². The molecule has 0 saturated carbocycles. The van der Waals surface area contributed by atoms with E-state index >= 15 is 0 Å². The Kier molecular flexibility index (Phi) is 5.59. The van der Waals surface area contributed by atoms with Crippen molar-refractivity contribution in [2.24, 2.45) is 0 Å². The average molecular weight is 262 g/mol. The van der Waals surface area contributed by atoms with E-state index in [2.05, 4.69) is 45.9 Å². The van der Waals surface area contributed by atoms with Gasteiger partial charge in [0, 0.05) is 6.42 Å². The van der Waals surface area contributed by atoms with Crippen molar-refractivity contribution in [2.45, 2.75) is 59.3 Å². The molecule has 1 rings (SSSR count). The molecule has 0 aliphatic carbocycles. The van der Waals surface area contributed by atoms with Crippen LogP contribution in [0.4, 0.5) is 0 Å². The van der Waals surface area contributed by atoms with Crippen molar-refractivity contribution in [3.63, 3.8) is 0 Å². The van der Waals surface area contributed by atoms with Crippen molar-refractivity contribution < 1.29 is 9.53 Å². The zero-order chi connectivity index (χ0) is 14.5. The molecule has 0 N–H and O–H groups in total. The van der Waals surface area contributed by atoms with Crippen LogP contribution in [0.15, 0.2) is 18.2 Å². The fourth-order valence-electron chi connectivity index (χ4n) is 2.01. The van der Waals surface area contributed by atoms with E-state index in [1.54, 1.807) is 6.92 Å². The molecule has 0 bridgehead atoms. The molecular weight excluding hydrogens is 236 g/mol. The summed E-state index contributed by atoms with van der Waals surface area (Å²) < 4.78 is 5.86. The summed E-state index contributed by atoms with van der Waals surface area (Å²) in [5.74, 6) is 1.18.